The minimum Gasteiger partial charge on any atom is -0.396 e. The summed E-state index contributed by atoms with van der Waals surface area (Å²) < 4.78 is 5.12. The van der Waals surface area contributed by atoms with Crippen LogP contribution >= 0.6 is 11.8 Å². The van der Waals surface area contributed by atoms with Crippen molar-refractivity contribution in [3.8, 4) is 11.4 Å². The summed E-state index contributed by atoms with van der Waals surface area (Å²) in [6.07, 6.45) is 1.26. The van der Waals surface area contributed by atoms with E-state index in [1.54, 1.807) is 11.8 Å². The van der Waals surface area contributed by atoms with E-state index in [1.807, 2.05) is 12.1 Å². The smallest absolute Gasteiger partial charge is 0.227 e. The number of aliphatic hydroxyl groups is 1. The van der Waals surface area contributed by atoms with Crippen molar-refractivity contribution >= 4 is 11.8 Å². The zero-order valence-electron chi connectivity index (χ0n) is 10.3. The lowest BCUT2D eigenvalue weighted by molar-refractivity contribution is 0.278. The summed E-state index contributed by atoms with van der Waals surface area (Å²) in [6.45, 7) is 2.27. The molecule has 0 radical (unpaired) electrons. The fourth-order valence-corrected chi connectivity index (χ4v) is 2.23. The van der Waals surface area contributed by atoms with E-state index in [4.69, 9.17) is 9.63 Å². The Balaban J connectivity index is 2.08. The van der Waals surface area contributed by atoms with Crippen molar-refractivity contribution < 1.29 is 9.63 Å². The van der Waals surface area contributed by atoms with Crippen molar-refractivity contribution in [2.24, 2.45) is 0 Å². The molecule has 96 valence electrons. The van der Waals surface area contributed by atoms with E-state index >= 15 is 0 Å². The highest BCUT2D eigenvalue weighted by atomic mass is 32.2. The van der Waals surface area contributed by atoms with Gasteiger partial charge in [-0.05, 0) is 36.4 Å². The molecule has 1 heterocycles. The molecule has 0 saturated carbocycles. The quantitative estimate of drug-likeness (QED) is 0.813. The first-order chi connectivity index (χ1) is 8.83. The van der Waals surface area contributed by atoms with Gasteiger partial charge in [0.15, 0.2) is 0 Å². The second-order valence-corrected chi connectivity index (χ2v) is 5.13. The second kappa shape index (κ2) is 6.56. The molecule has 1 aromatic carbocycles. The van der Waals surface area contributed by atoms with E-state index in [0.29, 0.717) is 24.6 Å². The molecule has 2 rings (SSSR count). The molecule has 0 aliphatic rings. The Morgan fingerprint density at radius 2 is 2.06 bits per heavy atom. The van der Waals surface area contributed by atoms with Crippen molar-refractivity contribution in [3.63, 3.8) is 0 Å². The van der Waals surface area contributed by atoms with Gasteiger partial charge in [-0.2, -0.15) is 4.98 Å². The van der Waals surface area contributed by atoms with Gasteiger partial charge in [-0.3, -0.25) is 0 Å². The summed E-state index contributed by atoms with van der Waals surface area (Å²) in [4.78, 5) is 5.54. The lowest BCUT2D eigenvalue weighted by Crippen LogP contribution is -1.89. The van der Waals surface area contributed by atoms with Crippen molar-refractivity contribution in [1.29, 1.82) is 0 Å². The molecule has 0 aliphatic carbocycles. The summed E-state index contributed by atoms with van der Waals surface area (Å²) in [5.41, 5.74) is 0.953. The van der Waals surface area contributed by atoms with Gasteiger partial charge in [0.05, 0.1) is 0 Å². The average Bonchev–Trinajstić information content (AvgIpc) is 2.86. The average molecular weight is 264 g/mol. The molecular formula is C13H16N2O2S. The molecule has 4 nitrogen and oxygen atoms in total. The number of hydrogen-bond acceptors (Lipinski definition) is 5. The first-order valence-corrected chi connectivity index (χ1v) is 6.98. The van der Waals surface area contributed by atoms with Crippen LogP contribution in [0.4, 0.5) is 0 Å². The summed E-state index contributed by atoms with van der Waals surface area (Å²) in [6, 6.07) is 8.12. The fraction of sp³-hybridized carbons (Fsp3) is 0.385. The number of nitrogens with zero attached hydrogens (tertiary/aromatic N) is 2. The number of benzene rings is 1. The normalized spacial score (nSPS) is 10.8. The van der Waals surface area contributed by atoms with Crippen LogP contribution in [0.3, 0.4) is 0 Å². The molecule has 1 N–H and O–H groups in total. The van der Waals surface area contributed by atoms with Crippen LogP contribution in [0.2, 0.25) is 0 Å². The SMILES string of the molecule is CCSc1ccc(-c2noc(CCCO)n2)cc1. The maximum absolute atomic E-state index is 8.74. The number of thioether (sulfide) groups is 1. The molecule has 5 heteroatoms. The van der Waals surface area contributed by atoms with E-state index in [-0.39, 0.29) is 6.61 Å². The highest BCUT2D eigenvalue weighted by Gasteiger charge is 2.08. The van der Waals surface area contributed by atoms with Gasteiger partial charge in [-0.15, -0.1) is 11.8 Å². The second-order valence-electron chi connectivity index (χ2n) is 3.80. The Bertz CT molecular complexity index is 482. The predicted octanol–water partition coefficient (Wildman–Crippen LogP) is 2.77. The zero-order chi connectivity index (χ0) is 12.8. The first kappa shape index (κ1) is 13.1. The maximum atomic E-state index is 8.74. The third-order valence-corrected chi connectivity index (χ3v) is 3.33. The van der Waals surface area contributed by atoms with Gasteiger partial charge in [0.1, 0.15) is 0 Å². The Labute approximate surface area is 110 Å². The molecule has 0 fully saturated rings. The van der Waals surface area contributed by atoms with E-state index in [2.05, 4.69) is 29.2 Å². The van der Waals surface area contributed by atoms with E-state index < -0.39 is 0 Å². The van der Waals surface area contributed by atoms with Crippen LogP contribution in [0.5, 0.6) is 0 Å². The molecule has 18 heavy (non-hydrogen) atoms. The number of aryl methyl sites for hydroxylation is 1. The van der Waals surface area contributed by atoms with Gasteiger partial charge >= 0.3 is 0 Å². The Morgan fingerprint density at radius 3 is 2.72 bits per heavy atom. The summed E-state index contributed by atoms with van der Waals surface area (Å²) in [7, 11) is 0. The highest BCUT2D eigenvalue weighted by Crippen LogP contribution is 2.22. The number of hydrogen-bond donors (Lipinski definition) is 1. The lowest BCUT2D eigenvalue weighted by Gasteiger charge is -1.98. The van der Waals surface area contributed by atoms with Crippen molar-refractivity contribution in [3.05, 3.63) is 30.2 Å². The third-order valence-electron chi connectivity index (χ3n) is 2.44. The number of rotatable bonds is 6. The minimum atomic E-state index is 0.140. The topological polar surface area (TPSA) is 59.2 Å². The van der Waals surface area contributed by atoms with Gasteiger partial charge in [0.25, 0.3) is 0 Å². The Hall–Kier alpha value is -1.33. The minimum absolute atomic E-state index is 0.140. The van der Waals surface area contributed by atoms with E-state index in [9.17, 15) is 0 Å². The molecule has 0 unspecified atom stereocenters. The van der Waals surface area contributed by atoms with Crippen molar-refractivity contribution in [1.82, 2.24) is 10.1 Å². The van der Waals surface area contributed by atoms with Gasteiger partial charge in [-0.25, -0.2) is 0 Å². The van der Waals surface area contributed by atoms with E-state index in [1.165, 1.54) is 4.90 Å². The maximum Gasteiger partial charge on any atom is 0.227 e. The van der Waals surface area contributed by atoms with Gasteiger partial charge in [-0.1, -0.05) is 12.1 Å². The largest absolute Gasteiger partial charge is 0.396 e. The molecule has 0 amide bonds. The van der Waals surface area contributed by atoms with Crippen molar-refractivity contribution in [2.45, 2.75) is 24.7 Å². The third kappa shape index (κ3) is 3.34. The molecular weight excluding hydrogens is 248 g/mol. The molecule has 1 aromatic heterocycles. The molecule has 0 saturated heterocycles. The molecule has 2 aromatic rings. The predicted molar refractivity (Wildman–Crippen MR) is 71.5 cm³/mol. The van der Waals surface area contributed by atoms with Crippen LogP contribution in [0, 0.1) is 0 Å². The first-order valence-electron chi connectivity index (χ1n) is 6.00. The van der Waals surface area contributed by atoms with E-state index in [0.717, 1.165) is 11.3 Å². The van der Waals surface area contributed by atoms with Crippen LogP contribution < -0.4 is 0 Å². The lowest BCUT2D eigenvalue weighted by atomic mass is 10.2. The molecule has 0 aliphatic heterocycles. The van der Waals surface area contributed by atoms with Crippen LogP contribution in [0.1, 0.15) is 19.2 Å². The van der Waals surface area contributed by atoms with Crippen LogP contribution in [-0.4, -0.2) is 27.6 Å². The zero-order valence-corrected chi connectivity index (χ0v) is 11.1. The summed E-state index contributed by atoms with van der Waals surface area (Å²) in [5.74, 6) is 2.24. The van der Waals surface area contributed by atoms with Crippen LogP contribution in [-0.2, 0) is 6.42 Å². The van der Waals surface area contributed by atoms with Crippen molar-refractivity contribution in [2.75, 3.05) is 12.4 Å². The molecule has 0 spiro atoms. The number of aliphatic hydroxyl groups excluding tert-OH is 1. The fourth-order valence-electron chi connectivity index (χ4n) is 1.57. The van der Waals surface area contributed by atoms with Gasteiger partial charge < -0.3 is 9.63 Å². The molecule has 0 atom stereocenters. The summed E-state index contributed by atoms with van der Waals surface area (Å²) in [5, 5.41) is 12.7. The highest BCUT2D eigenvalue weighted by molar-refractivity contribution is 7.99. The van der Waals surface area contributed by atoms with Gasteiger partial charge in [0.2, 0.25) is 11.7 Å². The monoisotopic (exact) mass is 264 g/mol. The van der Waals surface area contributed by atoms with Crippen LogP contribution in [0.25, 0.3) is 11.4 Å². The Morgan fingerprint density at radius 1 is 1.28 bits per heavy atom. The number of aromatic nitrogens is 2. The Kier molecular flexibility index (Phi) is 4.78. The standard InChI is InChI=1S/C13H16N2O2S/c1-2-18-11-7-5-10(6-8-11)13-14-12(17-15-13)4-3-9-16/h5-8,16H,2-4,9H2,1H3. The molecule has 0 bridgehead atoms. The summed E-state index contributed by atoms with van der Waals surface area (Å²) >= 11 is 1.80. The van der Waals surface area contributed by atoms with Gasteiger partial charge in [0, 0.05) is 23.5 Å². The van der Waals surface area contributed by atoms with Crippen LogP contribution in [0.15, 0.2) is 33.7 Å².